The first-order chi connectivity index (χ1) is 6.70. The van der Waals surface area contributed by atoms with Crippen molar-refractivity contribution >= 4 is 11.7 Å². The van der Waals surface area contributed by atoms with E-state index in [2.05, 4.69) is 16.9 Å². The summed E-state index contributed by atoms with van der Waals surface area (Å²) in [6.45, 7) is 5.82. The summed E-state index contributed by atoms with van der Waals surface area (Å²) in [5, 5.41) is 2.75. The minimum Gasteiger partial charge on any atom is -0.310 e. The highest BCUT2D eigenvalue weighted by Gasteiger charge is 2.44. The molecule has 1 fully saturated rings. The Labute approximate surface area is 82.9 Å². The number of hydrogen-bond donors (Lipinski definition) is 1. The highest BCUT2D eigenvalue weighted by molar-refractivity contribution is 5.97. The molecule has 0 unspecified atom stereocenters. The van der Waals surface area contributed by atoms with Crippen LogP contribution >= 0.6 is 0 Å². The largest absolute Gasteiger partial charge is 0.310 e. The molecule has 1 amide bonds. The molecule has 3 heteroatoms. The third-order valence-electron chi connectivity index (χ3n) is 2.57. The molecular formula is C11H12N2O. The second kappa shape index (κ2) is 3.25. The van der Waals surface area contributed by atoms with Gasteiger partial charge in [0.1, 0.15) is 5.82 Å². The summed E-state index contributed by atoms with van der Waals surface area (Å²) < 4.78 is 0. The first-order valence-electron chi connectivity index (χ1n) is 4.60. The van der Waals surface area contributed by atoms with Crippen molar-refractivity contribution in [3.8, 4) is 0 Å². The average Bonchev–Trinajstić information content (AvgIpc) is 2.76. The Morgan fingerprint density at radius 1 is 1.57 bits per heavy atom. The summed E-state index contributed by atoms with van der Waals surface area (Å²) in [4.78, 5) is 15.6. The lowest BCUT2D eigenvalue weighted by Crippen LogP contribution is -2.15. The fraction of sp³-hybridized carbons (Fsp3) is 0.273. The van der Waals surface area contributed by atoms with Gasteiger partial charge < -0.3 is 5.32 Å². The van der Waals surface area contributed by atoms with Gasteiger partial charge in [-0.05, 0) is 18.1 Å². The van der Waals surface area contributed by atoms with Crippen molar-refractivity contribution in [1.82, 2.24) is 4.98 Å². The molecule has 1 saturated carbocycles. The number of nitrogens with one attached hydrogen (secondary N) is 1. The zero-order valence-electron chi connectivity index (χ0n) is 8.03. The van der Waals surface area contributed by atoms with E-state index in [4.69, 9.17) is 0 Å². The Balaban J connectivity index is 2.00. The minimum absolute atomic E-state index is 0.00111. The predicted octanol–water partition coefficient (Wildman–Crippen LogP) is 1.84. The molecule has 0 saturated heterocycles. The number of hydrogen-bond acceptors (Lipinski definition) is 2. The molecule has 1 aromatic rings. The van der Waals surface area contributed by atoms with Crippen LogP contribution in [0.4, 0.5) is 5.82 Å². The van der Waals surface area contributed by atoms with Gasteiger partial charge in [-0.2, -0.15) is 0 Å². The third-order valence-corrected chi connectivity index (χ3v) is 2.57. The predicted molar refractivity (Wildman–Crippen MR) is 54.7 cm³/mol. The van der Waals surface area contributed by atoms with Crippen LogP contribution in [-0.2, 0) is 4.79 Å². The summed E-state index contributed by atoms with van der Waals surface area (Å²) in [6, 6.07) is 5.43. The Bertz CT molecular complexity index is 372. The molecule has 0 aliphatic heterocycles. The first kappa shape index (κ1) is 8.94. The molecule has 2 atom stereocenters. The molecule has 1 aromatic heterocycles. The zero-order valence-corrected chi connectivity index (χ0v) is 8.03. The van der Waals surface area contributed by atoms with Crippen molar-refractivity contribution in [2.75, 3.05) is 5.32 Å². The highest BCUT2D eigenvalue weighted by Crippen LogP contribution is 2.44. The Kier molecular flexibility index (Phi) is 2.08. The number of carbonyl (C=O) groups is 1. The fourth-order valence-electron chi connectivity index (χ4n) is 1.50. The van der Waals surface area contributed by atoms with Gasteiger partial charge >= 0.3 is 0 Å². The SMILES string of the molecule is C=C1[C@@H](C(=O)Nc2ccccn2)[C@@H]1C. The topological polar surface area (TPSA) is 42.0 Å². The molecule has 0 bridgehead atoms. The van der Waals surface area contributed by atoms with E-state index in [1.165, 1.54) is 0 Å². The quantitative estimate of drug-likeness (QED) is 0.719. The molecule has 1 aliphatic rings. The van der Waals surface area contributed by atoms with E-state index in [0.717, 1.165) is 5.57 Å². The summed E-state index contributed by atoms with van der Waals surface area (Å²) in [7, 11) is 0. The normalized spacial score (nSPS) is 24.5. The monoisotopic (exact) mass is 188 g/mol. The third kappa shape index (κ3) is 1.53. The Hall–Kier alpha value is -1.64. The summed E-state index contributed by atoms with van der Waals surface area (Å²) >= 11 is 0. The van der Waals surface area contributed by atoms with Gasteiger partial charge in [-0.25, -0.2) is 4.98 Å². The first-order valence-corrected chi connectivity index (χ1v) is 4.60. The van der Waals surface area contributed by atoms with Crippen LogP contribution in [0.2, 0.25) is 0 Å². The van der Waals surface area contributed by atoms with Gasteiger partial charge in [-0.15, -0.1) is 0 Å². The van der Waals surface area contributed by atoms with Gasteiger partial charge in [0.25, 0.3) is 0 Å². The van der Waals surface area contributed by atoms with Crippen LogP contribution in [0.3, 0.4) is 0 Å². The summed E-state index contributed by atoms with van der Waals surface area (Å²) in [5.74, 6) is 0.904. The molecule has 0 aromatic carbocycles. The molecule has 2 rings (SSSR count). The van der Waals surface area contributed by atoms with E-state index in [-0.39, 0.29) is 11.8 Å². The number of rotatable bonds is 2. The summed E-state index contributed by atoms with van der Waals surface area (Å²) in [5.41, 5.74) is 1.01. The lowest BCUT2D eigenvalue weighted by Gasteiger charge is -2.01. The van der Waals surface area contributed by atoms with Crippen LogP contribution in [-0.4, -0.2) is 10.9 Å². The molecule has 14 heavy (non-hydrogen) atoms. The highest BCUT2D eigenvalue weighted by atomic mass is 16.2. The van der Waals surface area contributed by atoms with Gasteiger partial charge in [0, 0.05) is 6.20 Å². The summed E-state index contributed by atoms with van der Waals surface area (Å²) in [6.07, 6.45) is 1.65. The van der Waals surface area contributed by atoms with E-state index in [9.17, 15) is 4.79 Å². The van der Waals surface area contributed by atoms with Crippen LogP contribution in [0.5, 0.6) is 0 Å². The number of amides is 1. The van der Waals surface area contributed by atoms with Gasteiger partial charge in [0.15, 0.2) is 0 Å². The van der Waals surface area contributed by atoms with Crippen LogP contribution in [0.1, 0.15) is 6.92 Å². The van der Waals surface area contributed by atoms with E-state index in [0.29, 0.717) is 11.7 Å². The van der Waals surface area contributed by atoms with Gasteiger partial charge in [-0.3, -0.25) is 4.79 Å². The standard InChI is InChI=1S/C11H12N2O/c1-7-8(2)10(7)11(14)13-9-5-3-4-6-12-9/h3-6,8,10H,1H2,2H3,(H,12,13,14)/t8-,10-/m1/s1. The van der Waals surface area contributed by atoms with E-state index < -0.39 is 0 Å². The van der Waals surface area contributed by atoms with Crippen molar-refractivity contribution < 1.29 is 4.79 Å². The molecule has 1 N–H and O–H groups in total. The van der Waals surface area contributed by atoms with Crippen LogP contribution in [0.25, 0.3) is 0 Å². The Morgan fingerprint density at radius 3 is 2.79 bits per heavy atom. The molecule has 1 aliphatic carbocycles. The van der Waals surface area contributed by atoms with E-state index in [1.54, 1.807) is 12.3 Å². The lowest BCUT2D eigenvalue weighted by atomic mass is 10.3. The van der Waals surface area contributed by atoms with Crippen molar-refractivity contribution in [1.29, 1.82) is 0 Å². The van der Waals surface area contributed by atoms with Crippen molar-refractivity contribution in [3.05, 3.63) is 36.5 Å². The van der Waals surface area contributed by atoms with Crippen molar-refractivity contribution in [2.24, 2.45) is 11.8 Å². The van der Waals surface area contributed by atoms with Crippen molar-refractivity contribution in [3.63, 3.8) is 0 Å². The second-order valence-electron chi connectivity index (χ2n) is 3.55. The number of nitrogens with zero attached hydrogens (tertiary/aromatic N) is 1. The van der Waals surface area contributed by atoms with Gasteiger partial charge in [0.2, 0.25) is 5.91 Å². The second-order valence-corrected chi connectivity index (χ2v) is 3.55. The zero-order chi connectivity index (χ0) is 10.1. The lowest BCUT2D eigenvalue weighted by molar-refractivity contribution is -0.117. The number of carbonyl (C=O) groups excluding carboxylic acids is 1. The number of pyridine rings is 1. The van der Waals surface area contributed by atoms with Gasteiger partial charge in [0.05, 0.1) is 5.92 Å². The maximum Gasteiger partial charge on any atom is 0.233 e. The average molecular weight is 188 g/mol. The maximum atomic E-state index is 11.6. The molecule has 1 heterocycles. The maximum absolute atomic E-state index is 11.6. The molecule has 3 nitrogen and oxygen atoms in total. The number of anilines is 1. The van der Waals surface area contributed by atoms with Gasteiger partial charge in [-0.1, -0.05) is 25.1 Å². The molecule has 0 spiro atoms. The minimum atomic E-state index is -0.0167. The van der Waals surface area contributed by atoms with Crippen LogP contribution in [0.15, 0.2) is 36.5 Å². The molecule has 0 radical (unpaired) electrons. The Morgan fingerprint density at radius 2 is 2.29 bits per heavy atom. The van der Waals surface area contributed by atoms with E-state index >= 15 is 0 Å². The van der Waals surface area contributed by atoms with E-state index in [1.807, 2.05) is 19.1 Å². The van der Waals surface area contributed by atoms with Crippen LogP contribution in [0, 0.1) is 11.8 Å². The molecule has 72 valence electrons. The van der Waals surface area contributed by atoms with Crippen molar-refractivity contribution in [2.45, 2.75) is 6.92 Å². The number of aromatic nitrogens is 1. The smallest absolute Gasteiger partial charge is 0.233 e. The van der Waals surface area contributed by atoms with Crippen LogP contribution < -0.4 is 5.32 Å². The fourth-order valence-corrected chi connectivity index (χ4v) is 1.50. The molecular weight excluding hydrogens is 176 g/mol.